The fraction of sp³-hybridized carbons (Fsp3) is 0.182. The Morgan fingerprint density at radius 3 is 3.00 bits per heavy atom. The van der Waals surface area contributed by atoms with Crippen molar-refractivity contribution in [3.63, 3.8) is 0 Å². The summed E-state index contributed by atoms with van der Waals surface area (Å²) in [5.74, 6) is 1.65. The molecule has 82 valence electrons. The Hall–Kier alpha value is -1.33. The van der Waals surface area contributed by atoms with Gasteiger partial charge in [-0.05, 0) is 29.9 Å². The summed E-state index contributed by atoms with van der Waals surface area (Å²) >= 11 is 6.65. The molecule has 5 heteroatoms. The third-order valence-electron chi connectivity index (χ3n) is 2.39. The van der Waals surface area contributed by atoms with Crippen LogP contribution in [0.15, 0.2) is 24.4 Å². The second-order valence-electron chi connectivity index (χ2n) is 3.51. The highest BCUT2D eigenvalue weighted by Gasteiger charge is 2.13. The van der Waals surface area contributed by atoms with Crippen molar-refractivity contribution in [1.29, 1.82) is 0 Å². The number of rotatable bonds is 2. The van der Waals surface area contributed by atoms with Gasteiger partial charge in [-0.2, -0.15) is 0 Å². The molecule has 0 saturated heterocycles. The van der Waals surface area contributed by atoms with Gasteiger partial charge in [-0.3, -0.25) is 0 Å². The molecule has 0 radical (unpaired) electrons. The first-order valence-electron chi connectivity index (χ1n) is 4.87. The first kappa shape index (κ1) is 9.86. The number of nitrogens with one attached hydrogen (secondary N) is 1. The van der Waals surface area contributed by atoms with Crippen LogP contribution in [-0.2, 0) is 6.42 Å². The van der Waals surface area contributed by atoms with E-state index < -0.39 is 0 Å². The van der Waals surface area contributed by atoms with Gasteiger partial charge in [-0.25, -0.2) is 0 Å². The number of H-pyrrole nitrogens is 1. The lowest BCUT2D eigenvalue weighted by molar-refractivity contribution is 0.174. The van der Waals surface area contributed by atoms with Crippen LogP contribution in [0.1, 0.15) is 10.4 Å². The van der Waals surface area contributed by atoms with E-state index in [-0.39, 0.29) is 0 Å². The van der Waals surface area contributed by atoms with Crippen molar-refractivity contribution in [2.24, 2.45) is 0 Å². The molecule has 2 aromatic rings. The number of hydrogen-bond donors (Lipinski definition) is 1. The van der Waals surface area contributed by atoms with E-state index in [4.69, 9.17) is 21.7 Å². The van der Waals surface area contributed by atoms with Gasteiger partial charge in [0.15, 0.2) is 15.5 Å². The highest BCUT2D eigenvalue weighted by molar-refractivity contribution is 7.73. The zero-order valence-corrected chi connectivity index (χ0v) is 9.99. The van der Waals surface area contributed by atoms with Crippen molar-refractivity contribution in [1.82, 2.24) is 4.98 Å². The highest BCUT2D eigenvalue weighted by Crippen LogP contribution is 2.33. The Morgan fingerprint density at radius 1 is 1.31 bits per heavy atom. The molecule has 0 unspecified atom stereocenters. The summed E-state index contributed by atoms with van der Waals surface area (Å²) in [6, 6.07) is 6.02. The molecule has 3 rings (SSSR count). The summed E-state index contributed by atoms with van der Waals surface area (Å²) in [4.78, 5) is 4.24. The third-order valence-corrected chi connectivity index (χ3v) is 3.59. The fourth-order valence-electron chi connectivity index (χ4n) is 1.66. The first-order chi connectivity index (χ1) is 7.81. The van der Waals surface area contributed by atoms with Crippen molar-refractivity contribution in [3.05, 3.63) is 38.8 Å². The predicted octanol–water partition coefficient (Wildman–Crippen LogP) is 3.13. The van der Waals surface area contributed by atoms with Gasteiger partial charge < -0.3 is 14.5 Å². The fourth-order valence-corrected chi connectivity index (χ4v) is 2.75. The Bertz CT molecular complexity index is 573. The summed E-state index contributed by atoms with van der Waals surface area (Å²) in [6.45, 7) is 0.321. The molecule has 0 amide bonds. The Balaban J connectivity index is 1.88. The SMILES string of the molecule is S=c1[nH]cc(Cc2ccc3c(c2)OCO3)s1. The lowest BCUT2D eigenvalue weighted by Crippen LogP contribution is -1.92. The van der Waals surface area contributed by atoms with Crippen molar-refractivity contribution in [3.8, 4) is 11.5 Å². The minimum atomic E-state index is 0.321. The van der Waals surface area contributed by atoms with Crippen LogP contribution >= 0.6 is 23.6 Å². The van der Waals surface area contributed by atoms with Crippen molar-refractivity contribution >= 4 is 23.6 Å². The monoisotopic (exact) mass is 251 g/mol. The Kier molecular flexibility index (Phi) is 2.41. The van der Waals surface area contributed by atoms with Gasteiger partial charge in [0.1, 0.15) is 0 Å². The number of ether oxygens (including phenoxy) is 2. The topological polar surface area (TPSA) is 34.2 Å². The second-order valence-corrected chi connectivity index (χ2v) is 5.31. The lowest BCUT2D eigenvalue weighted by Gasteiger charge is -2.00. The average molecular weight is 251 g/mol. The van der Waals surface area contributed by atoms with E-state index in [2.05, 4.69) is 11.1 Å². The minimum Gasteiger partial charge on any atom is -0.454 e. The summed E-state index contributed by atoms with van der Waals surface area (Å²) in [5.41, 5.74) is 1.20. The molecule has 3 nitrogen and oxygen atoms in total. The van der Waals surface area contributed by atoms with E-state index in [1.807, 2.05) is 18.3 Å². The molecular formula is C11H9NO2S2. The molecular weight excluding hydrogens is 242 g/mol. The maximum Gasteiger partial charge on any atom is 0.231 e. The van der Waals surface area contributed by atoms with Gasteiger partial charge in [0, 0.05) is 17.5 Å². The van der Waals surface area contributed by atoms with E-state index in [0.29, 0.717) is 6.79 Å². The number of benzene rings is 1. The molecule has 0 spiro atoms. The molecule has 2 heterocycles. The van der Waals surface area contributed by atoms with Crippen LogP contribution in [0.5, 0.6) is 11.5 Å². The maximum absolute atomic E-state index is 5.33. The maximum atomic E-state index is 5.33. The summed E-state index contributed by atoms with van der Waals surface area (Å²) < 4.78 is 11.4. The van der Waals surface area contributed by atoms with Crippen LogP contribution in [0.4, 0.5) is 0 Å². The molecule has 1 aromatic heterocycles. The molecule has 16 heavy (non-hydrogen) atoms. The molecule has 1 N–H and O–H groups in total. The molecule has 0 saturated carbocycles. The zero-order valence-electron chi connectivity index (χ0n) is 8.36. The first-order valence-corrected chi connectivity index (χ1v) is 6.10. The van der Waals surface area contributed by atoms with Crippen molar-refractivity contribution in [2.75, 3.05) is 6.79 Å². The number of fused-ring (bicyclic) bond motifs is 1. The van der Waals surface area contributed by atoms with Crippen molar-refractivity contribution < 1.29 is 9.47 Å². The number of aromatic nitrogens is 1. The van der Waals surface area contributed by atoms with Crippen LogP contribution in [0.3, 0.4) is 0 Å². The van der Waals surface area contributed by atoms with Crippen molar-refractivity contribution in [2.45, 2.75) is 6.42 Å². The molecule has 1 aliphatic rings. The van der Waals surface area contributed by atoms with Gasteiger partial charge >= 0.3 is 0 Å². The third kappa shape index (κ3) is 1.83. The van der Waals surface area contributed by atoms with Crippen LogP contribution in [-0.4, -0.2) is 11.8 Å². The largest absolute Gasteiger partial charge is 0.454 e. The van der Waals surface area contributed by atoms with Gasteiger partial charge in [0.05, 0.1) is 0 Å². The molecule has 0 atom stereocenters. The van der Waals surface area contributed by atoms with E-state index in [0.717, 1.165) is 21.9 Å². The van der Waals surface area contributed by atoms with Crippen LogP contribution in [0.25, 0.3) is 0 Å². The lowest BCUT2D eigenvalue weighted by atomic mass is 10.1. The van der Waals surface area contributed by atoms with E-state index in [9.17, 15) is 0 Å². The number of hydrogen-bond acceptors (Lipinski definition) is 4. The number of aromatic amines is 1. The normalized spacial score (nSPS) is 13.0. The minimum absolute atomic E-state index is 0.321. The average Bonchev–Trinajstić information content (AvgIpc) is 2.87. The summed E-state index contributed by atoms with van der Waals surface area (Å²) in [6.07, 6.45) is 2.83. The smallest absolute Gasteiger partial charge is 0.231 e. The van der Waals surface area contributed by atoms with Gasteiger partial charge in [0.2, 0.25) is 6.79 Å². The molecule has 0 bridgehead atoms. The van der Waals surface area contributed by atoms with Gasteiger partial charge in [-0.15, -0.1) is 11.3 Å². The quantitative estimate of drug-likeness (QED) is 0.833. The molecule has 1 aromatic carbocycles. The molecule has 1 aliphatic heterocycles. The van der Waals surface area contributed by atoms with E-state index in [1.54, 1.807) is 11.3 Å². The van der Waals surface area contributed by atoms with E-state index >= 15 is 0 Å². The highest BCUT2D eigenvalue weighted by atomic mass is 32.1. The summed E-state index contributed by atoms with van der Waals surface area (Å²) in [5, 5.41) is 0. The van der Waals surface area contributed by atoms with E-state index in [1.165, 1.54) is 10.4 Å². The molecule has 0 fully saturated rings. The second kappa shape index (κ2) is 3.92. The van der Waals surface area contributed by atoms with Crippen LogP contribution in [0, 0.1) is 3.95 Å². The predicted molar refractivity (Wildman–Crippen MR) is 64.9 cm³/mol. The van der Waals surface area contributed by atoms with Gasteiger partial charge in [0.25, 0.3) is 0 Å². The molecule has 0 aliphatic carbocycles. The van der Waals surface area contributed by atoms with Crippen LogP contribution < -0.4 is 9.47 Å². The number of thiazole rings is 1. The standard InChI is InChI=1S/C11H9NO2S2/c15-11-12-5-8(16-11)3-7-1-2-9-10(4-7)14-6-13-9/h1-2,4-5H,3,6H2,(H,12,15). The zero-order chi connectivity index (χ0) is 11.0. The summed E-state index contributed by atoms with van der Waals surface area (Å²) in [7, 11) is 0. The van der Waals surface area contributed by atoms with Crippen LogP contribution in [0.2, 0.25) is 0 Å². The Morgan fingerprint density at radius 2 is 2.19 bits per heavy atom. The Labute approximate surface area is 102 Å². The van der Waals surface area contributed by atoms with Gasteiger partial charge in [-0.1, -0.05) is 6.07 Å².